The predicted molar refractivity (Wildman–Crippen MR) is 101 cm³/mol. The number of carbonyl (C=O) groups is 4. The number of carbonyl (C=O) groups excluding carboxylic acids is 4. The quantitative estimate of drug-likeness (QED) is 0.547. The lowest BCUT2D eigenvalue weighted by molar-refractivity contribution is -0.157. The molecule has 28 heavy (non-hydrogen) atoms. The summed E-state index contributed by atoms with van der Waals surface area (Å²) in [5, 5.41) is 5.70. The summed E-state index contributed by atoms with van der Waals surface area (Å²) in [5.74, 6) is -0.558. The Bertz CT molecular complexity index is 658. The molecule has 0 bridgehead atoms. The first kappa shape index (κ1) is 20.6. The van der Waals surface area contributed by atoms with Gasteiger partial charge in [0, 0.05) is 6.04 Å². The number of nitrogens with zero attached hydrogens (tertiary/aromatic N) is 1. The van der Waals surface area contributed by atoms with Gasteiger partial charge in [0.15, 0.2) is 6.10 Å². The SMILES string of the molecule is C[C@@H]1[C@H](C)CCC[C@H]1NC(=O)[C@@H](C)OC(=O)CN1C(=O)NC2(CCCC2)C1=O. The number of hydrogen-bond acceptors (Lipinski definition) is 5. The van der Waals surface area contributed by atoms with Gasteiger partial charge in [-0.3, -0.25) is 19.3 Å². The highest BCUT2D eigenvalue weighted by Crippen LogP contribution is 2.35. The highest BCUT2D eigenvalue weighted by molar-refractivity contribution is 6.08. The Morgan fingerprint density at radius 1 is 1.21 bits per heavy atom. The third kappa shape index (κ3) is 4.00. The molecule has 8 heteroatoms. The number of hydrogen-bond donors (Lipinski definition) is 2. The predicted octanol–water partition coefficient (Wildman–Crippen LogP) is 1.72. The van der Waals surface area contributed by atoms with Crippen molar-refractivity contribution in [2.45, 2.75) is 83.4 Å². The van der Waals surface area contributed by atoms with Gasteiger partial charge in [-0.2, -0.15) is 0 Å². The van der Waals surface area contributed by atoms with Gasteiger partial charge in [0.1, 0.15) is 12.1 Å². The molecule has 2 aliphatic carbocycles. The van der Waals surface area contributed by atoms with E-state index in [1.807, 2.05) is 0 Å². The smallest absolute Gasteiger partial charge is 0.327 e. The molecule has 1 saturated heterocycles. The van der Waals surface area contributed by atoms with Crippen LogP contribution in [0, 0.1) is 11.8 Å². The molecule has 2 N–H and O–H groups in total. The number of rotatable bonds is 5. The summed E-state index contributed by atoms with van der Waals surface area (Å²) in [6, 6.07) is -0.489. The normalized spacial score (nSPS) is 30.2. The van der Waals surface area contributed by atoms with E-state index in [1.54, 1.807) is 0 Å². The zero-order chi connectivity index (χ0) is 20.5. The minimum Gasteiger partial charge on any atom is -0.451 e. The molecule has 3 fully saturated rings. The maximum absolute atomic E-state index is 12.6. The Morgan fingerprint density at radius 2 is 1.89 bits per heavy atom. The van der Waals surface area contributed by atoms with Crippen LogP contribution in [0.15, 0.2) is 0 Å². The lowest BCUT2D eigenvalue weighted by Crippen LogP contribution is -2.48. The third-order valence-electron chi connectivity index (χ3n) is 6.70. The molecule has 0 aromatic heterocycles. The van der Waals surface area contributed by atoms with Crippen molar-refractivity contribution in [2.75, 3.05) is 6.54 Å². The molecule has 1 heterocycles. The molecule has 8 nitrogen and oxygen atoms in total. The summed E-state index contributed by atoms with van der Waals surface area (Å²) in [5.41, 5.74) is -0.853. The summed E-state index contributed by atoms with van der Waals surface area (Å²) in [7, 11) is 0. The average Bonchev–Trinajstić information content (AvgIpc) is 3.20. The van der Waals surface area contributed by atoms with E-state index in [-0.39, 0.29) is 17.9 Å². The van der Waals surface area contributed by atoms with Crippen LogP contribution in [-0.4, -0.2) is 52.9 Å². The van der Waals surface area contributed by atoms with E-state index in [2.05, 4.69) is 24.5 Å². The molecule has 0 aromatic carbocycles. The van der Waals surface area contributed by atoms with Crippen molar-refractivity contribution in [3.05, 3.63) is 0 Å². The second kappa shape index (κ2) is 8.09. The fraction of sp³-hybridized carbons (Fsp3) is 0.800. The Morgan fingerprint density at radius 3 is 2.57 bits per heavy atom. The Labute approximate surface area is 165 Å². The van der Waals surface area contributed by atoms with Crippen molar-refractivity contribution < 1.29 is 23.9 Å². The maximum atomic E-state index is 12.6. The lowest BCUT2D eigenvalue weighted by atomic mass is 9.78. The molecular formula is C20H31N3O5. The van der Waals surface area contributed by atoms with E-state index in [4.69, 9.17) is 4.74 Å². The van der Waals surface area contributed by atoms with Crippen molar-refractivity contribution in [1.29, 1.82) is 0 Å². The molecule has 1 spiro atoms. The highest BCUT2D eigenvalue weighted by atomic mass is 16.5. The van der Waals surface area contributed by atoms with Gasteiger partial charge in [-0.05, 0) is 38.0 Å². The average molecular weight is 393 g/mol. The van der Waals surface area contributed by atoms with Gasteiger partial charge in [0.25, 0.3) is 11.8 Å². The molecule has 3 rings (SSSR count). The number of urea groups is 1. The molecule has 1 aliphatic heterocycles. The summed E-state index contributed by atoms with van der Waals surface area (Å²) >= 11 is 0. The van der Waals surface area contributed by atoms with E-state index in [1.165, 1.54) is 6.92 Å². The van der Waals surface area contributed by atoms with Crippen molar-refractivity contribution >= 4 is 23.8 Å². The highest BCUT2D eigenvalue weighted by Gasteiger charge is 2.52. The van der Waals surface area contributed by atoms with Crippen molar-refractivity contribution in [2.24, 2.45) is 11.8 Å². The maximum Gasteiger partial charge on any atom is 0.327 e. The lowest BCUT2D eigenvalue weighted by Gasteiger charge is -2.35. The number of imide groups is 1. The molecular weight excluding hydrogens is 362 g/mol. The van der Waals surface area contributed by atoms with Gasteiger partial charge in [-0.15, -0.1) is 0 Å². The van der Waals surface area contributed by atoms with Crippen LogP contribution in [0.1, 0.15) is 65.7 Å². The molecule has 4 atom stereocenters. The van der Waals surface area contributed by atoms with Gasteiger partial charge < -0.3 is 15.4 Å². The summed E-state index contributed by atoms with van der Waals surface area (Å²) in [6.07, 6.45) is 5.12. The molecule has 156 valence electrons. The second-order valence-corrected chi connectivity index (χ2v) is 8.63. The van der Waals surface area contributed by atoms with Crippen molar-refractivity contribution in [1.82, 2.24) is 15.5 Å². The first-order valence-corrected chi connectivity index (χ1v) is 10.4. The standard InChI is InChI=1S/C20H31N3O5/c1-12-7-6-8-15(13(12)2)21-17(25)14(3)28-16(24)11-23-18(26)20(22-19(23)27)9-4-5-10-20/h12-15H,4-11H2,1-3H3,(H,21,25)(H,22,27)/t12-,13-,14-,15-/m1/s1. The van der Waals surface area contributed by atoms with Crippen molar-refractivity contribution in [3.8, 4) is 0 Å². The van der Waals surface area contributed by atoms with Gasteiger partial charge in [0.2, 0.25) is 0 Å². The van der Waals surface area contributed by atoms with E-state index in [9.17, 15) is 19.2 Å². The van der Waals surface area contributed by atoms with Gasteiger partial charge in [-0.25, -0.2) is 4.79 Å². The van der Waals surface area contributed by atoms with E-state index >= 15 is 0 Å². The van der Waals surface area contributed by atoms with Crippen LogP contribution in [0.2, 0.25) is 0 Å². The minimum absolute atomic E-state index is 0.0746. The fourth-order valence-electron chi connectivity index (χ4n) is 4.64. The van der Waals surface area contributed by atoms with Crippen LogP contribution in [0.5, 0.6) is 0 Å². The number of esters is 1. The topological polar surface area (TPSA) is 105 Å². The molecule has 2 saturated carbocycles. The van der Waals surface area contributed by atoms with Gasteiger partial charge in [-0.1, -0.05) is 39.5 Å². The third-order valence-corrected chi connectivity index (χ3v) is 6.70. The molecule has 4 amide bonds. The molecule has 0 radical (unpaired) electrons. The Balaban J connectivity index is 1.51. The molecule has 3 aliphatic rings. The monoisotopic (exact) mass is 393 g/mol. The zero-order valence-corrected chi connectivity index (χ0v) is 17.0. The second-order valence-electron chi connectivity index (χ2n) is 8.63. The van der Waals surface area contributed by atoms with Gasteiger partial charge >= 0.3 is 12.0 Å². The summed E-state index contributed by atoms with van der Waals surface area (Å²) in [6.45, 7) is 5.35. The van der Waals surface area contributed by atoms with Crippen LogP contribution < -0.4 is 10.6 Å². The minimum atomic E-state index is -0.974. The van der Waals surface area contributed by atoms with Crippen LogP contribution in [-0.2, 0) is 19.1 Å². The molecule has 0 unspecified atom stereocenters. The summed E-state index contributed by atoms with van der Waals surface area (Å²) < 4.78 is 5.20. The van der Waals surface area contributed by atoms with Crippen LogP contribution in [0.3, 0.4) is 0 Å². The van der Waals surface area contributed by atoms with E-state index in [0.717, 1.165) is 37.0 Å². The van der Waals surface area contributed by atoms with E-state index in [0.29, 0.717) is 24.7 Å². The van der Waals surface area contributed by atoms with Crippen LogP contribution >= 0.6 is 0 Å². The number of nitrogens with one attached hydrogen (secondary N) is 2. The van der Waals surface area contributed by atoms with Crippen molar-refractivity contribution in [3.63, 3.8) is 0 Å². The van der Waals surface area contributed by atoms with E-state index < -0.39 is 30.2 Å². The zero-order valence-electron chi connectivity index (χ0n) is 17.0. The number of amides is 4. The van der Waals surface area contributed by atoms with Gasteiger partial charge in [0.05, 0.1) is 0 Å². The van der Waals surface area contributed by atoms with Crippen LogP contribution in [0.25, 0.3) is 0 Å². The Kier molecular flexibility index (Phi) is 5.95. The Hall–Kier alpha value is -2.12. The van der Waals surface area contributed by atoms with Crippen LogP contribution in [0.4, 0.5) is 4.79 Å². The first-order chi connectivity index (χ1) is 13.2. The first-order valence-electron chi connectivity index (χ1n) is 10.4. The number of ether oxygens (including phenoxy) is 1. The molecule has 0 aromatic rings. The largest absolute Gasteiger partial charge is 0.451 e. The fourth-order valence-corrected chi connectivity index (χ4v) is 4.64. The summed E-state index contributed by atoms with van der Waals surface area (Å²) in [4.78, 5) is 50.3.